The van der Waals surface area contributed by atoms with Gasteiger partial charge in [0.2, 0.25) is 23.6 Å². The highest BCUT2D eigenvalue weighted by Gasteiger charge is 2.37. The molecule has 0 bridgehead atoms. The Morgan fingerprint density at radius 2 is 1.74 bits per heavy atom. The van der Waals surface area contributed by atoms with Gasteiger partial charge in [0.15, 0.2) is 0 Å². The van der Waals surface area contributed by atoms with Crippen LogP contribution in [0.5, 0.6) is 0 Å². The number of carbonyl (C=O) groups excluding carboxylic acids is 4. The molecule has 7 N–H and O–H groups in total. The van der Waals surface area contributed by atoms with Crippen LogP contribution in [-0.4, -0.2) is 99.9 Å². The van der Waals surface area contributed by atoms with Gasteiger partial charge in [-0.3, -0.25) is 24.0 Å². The third-order valence-electron chi connectivity index (χ3n) is 5.50. The zero-order chi connectivity index (χ0) is 26.7. The van der Waals surface area contributed by atoms with Gasteiger partial charge in [-0.1, -0.05) is 13.8 Å². The van der Waals surface area contributed by atoms with Crippen LogP contribution in [0.15, 0.2) is 0 Å². The molecule has 1 aliphatic heterocycles. The van der Waals surface area contributed by atoms with E-state index >= 15 is 0 Å². The number of nitrogens with one attached hydrogen (secondary N) is 3. The molecule has 0 aromatic carbocycles. The predicted octanol–water partition coefficient (Wildman–Crippen LogP) is -1.64. The smallest absolute Gasteiger partial charge is 0.326 e. The highest BCUT2D eigenvalue weighted by atomic mass is 32.2. The molecule has 0 aromatic rings. The van der Waals surface area contributed by atoms with E-state index in [-0.39, 0.29) is 19.5 Å². The summed E-state index contributed by atoms with van der Waals surface area (Å²) in [5.74, 6) is -5.15. The molecule has 0 saturated carbocycles. The van der Waals surface area contributed by atoms with Crippen LogP contribution in [0.4, 0.5) is 0 Å². The molecule has 14 heteroatoms. The fourth-order valence-corrected chi connectivity index (χ4v) is 4.02. The average molecular weight is 518 g/mol. The topological polar surface area (TPSA) is 208 Å². The van der Waals surface area contributed by atoms with Gasteiger partial charge < -0.3 is 36.8 Å². The lowest BCUT2D eigenvalue weighted by Crippen LogP contribution is -2.57. The molecule has 0 spiro atoms. The summed E-state index contributed by atoms with van der Waals surface area (Å²) in [7, 11) is 0. The van der Waals surface area contributed by atoms with Crippen LogP contribution in [0.25, 0.3) is 0 Å². The van der Waals surface area contributed by atoms with Gasteiger partial charge in [-0.15, -0.1) is 0 Å². The molecule has 35 heavy (non-hydrogen) atoms. The van der Waals surface area contributed by atoms with Crippen molar-refractivity contribution in [2.75, 3.05) is 25.1 Å². The first-order valence-corrected chi connectivity index (χ1v) is 12.6. The van der Waals surface area contributed by atoms with Gasteiger partial charge >= 0.3 is 11.9 Å². The molecule has 1 heterocycles. The molecule has 0 unspecified atom stereocenters. The van der Waals surface area contributed by atoms with Crippen molar-refractivity contribution in [1.29, 1.82) is 0 Å². The van der Waals surface area contributed by atoms with Gasteiger partial charge in [0.25, 0.3) is 0 Å². The lowest BCUT2D eigenvalue weighted by Gasteiger charge is -2.27. The Morgan fingerprint density at radius 3 is 2.29 bits per heavy atom. The van der Waals surface area contributed by atoms with Crippen molar-refractivity contribution in [3.63, 3.8) is 0 Å². The molecule has 4 atom stereocenters. The van der Waals surface area contributed by atoms with Crippen LogP contribution in [-0.2, 0) is 28.8 Å². The maximum atomic E-state index is 12.9. The maximum Gasteiger partial charge on any atom is 0.326 e. The van der Waals surface area contributed by atoms with Crippen LogP contribution in [0.3, 0.4) is 0 Å². The van der Waals surface area contributed by atoms with E-state index in [4.69, 9.17) is 10.8 Å². The van der Waals surface area contributed by atoms with Gasteiger partial charge in [0, 0.05) is 6.54 Å². The third kappa shape index (κ3) is 9.72. The molecule has 13 nitrogen and oxygen atoms in total. The first-order valence-electron chi connectivity index (χ1n) is 11.3. The van der Waals surface area contributed by atoms with E-state index in [1.807, 2.05) is 6.26 Å². The number of hydrogen-bond donors (Lipinski definition) is 6. The van der Waals surface area contributed by atoms with Gasteiger partial charge in [0.1, 0.15) is 18.1 Å². The van der Waals surface area contributed by atoms with Crippen molar-refractivity contribution >= 4 is 47.3 Å². The van der Waals surface area contributed by atoms with Crippen molar-refractivity contribution in [1.82, 2.24) is 20.9 Å². The number of carboxylic acids is 2. The highest BCUT2D eigenvalue weighted by Crippen LogP contribution is 2.18. The monoisotopic (exact) mass is 517 g/mol. The second-order valence-corrected chi connectivity index (χ2v) is 9.56. The van der Waals surface area contributed by atoms with Crippen molar-refractivity contribution in [3.8, 4) is 0 Å². The summed E-state index contributed by atoms with van der Waals surface area (Å²) in [4.78, 5) is 74.0. The van der Waals surface area contributed by atoms with Crippen molar-refractivity contribution in [3.05, 3.63) is 0 Å². The first-order chi connectivity index (χ1) is 16.4. The number of hydrogen-bond acceptors (Lipinski definition) is 8. The number of likely N-dealkylation sites (tertiary alicyclic amines) is 1. The molecule has 1 saturated heterocycles. The summed E-state index contributed by atoms with van der Waals surface area (Å²) in [6.45, 7) is 3.03. The molecule has 0 aliphatic carbocycles. The Hall–Kier alpha value is -2.87. The van der Waals surface area contributed by atoms with Crippen molar-refractivity contribution < 1.29 is 39.0 Å². The number of amides is 4. The van der Waals surface area contributed by atoms with Gasteiger partial charge in [-0.05, 0) is 37.2 Å². The number of thioether (sulfide) groups is 1. The van der Waals surface area contributed by atoms with Crippen LogP contribution in [0.1, 0.15) is 39.5 Å². The van der Waals surface area contributed by atoms with Gasteiger partial charge in [-0.2, -0.15) is 11.8 Å². The average Bonchev–Trinajstić information content (AvgIpc) is 3.27. The Morgan fingerprint density at radius 1 is 1.09 bits per heavy atom. The third-order valence-corrected chi connectivity index (χ3v) is 6.15. The van der Waals surface area contributed by atoms with E-state index in [2.05, 4.69) is 16.0 Å². The number of nitrogens with zero attached hydrogens (tertiary/aromatic N) is 1. The Kier molecular flexibility index (Phi) is 12.5. The van der Waals surface area contributed by atoms with Crippen LogP contribution >= 0.6 is 11.8 Å². The van der Waals surface area contributed by atoms with Crippen LogP contribution in [0.2, 0.25) is 0 Å². The predicted molar refractivity (Wildman–Crippen MR) is 127 cm³/mol. The highest BCUT2D eigenvalue weighted by molar-refractivity contribution is 7.98. The SMILES string of the molecule is CSCC[C@H](N)C(=O)NCC(=O)N1CCC[C@H]1C(=O)N[C@@H](CC(=O)O)C(=O)N[C@H](C(=O)O)C(C)C. The van der Waals surface area contributed by atoms with Crippen LogP contribution < -0.4 is 21.7 Å². The lowest BCUT2D eigenvalue weighted by molar-refractivity contribution is -0.145. The van der Waals surface area contributed by atoms with Crippen molar-refractivity contribution in [2.24, 2.45) is 11.7 Å². The number of nitrogens with two attached hydrogens (primary N) is 1. The van der Waals surface area contributed by atoms with E-state index in [1.165, 1.54) is 16.7 Å². The first kappa shape index (κ1) is 30.2. The van der Waals surface area contributed by atoms with E-state index in [0.29, 0.717) is 18.6 Å². The second-order valence-electron chi connectivity index (χ2n) is 8.58. The molecule has 0 radical (unpaired) electrons. The largest absolute Gasteiger partial charge is 0.481 e. The molecule has 1 rings (SSSR count). The Bertz CT molecular complexity index is 809. The second kappa shape index (κ2) is 14.5. The maximum absolute atomic E-state index is 12.9. The van der Waals surface area contributed by atoms with E-state index in [1.54, 1.807) is 13.8 Å². The van der Waals surface area contributed by atoms with E-state index in [0.717, 1.165) is 0 Å². The summed E-state index contributed by atoms with van der Waals surface area (Å²) in [5.41, 5.74) is 5.78. The minimum atomic E-state index is -1.53. The fraction of sp³-hybridized carbons (Fsp3) is 0.714. The Balaban J connectivity index is 2.81. The number of carboxylic acid groups (broad SMARTS) is 2. The lowest BCUT2D eigenvalue weighted by atomic mass is 10.0. The van der Waals surface area contributed by atoms with Gasteiger partial charge in [-0.25, -0.2) is 4.79 Å². The summed E-state index contributed by atoms with van der Waals surface area (Å²) in [5, 5.41) is 25.5. The summed E-state index contributed by atoms with van der Waals surface area (Å²) >= 11 is 1.54. The molecule has 4 amide bonds. The number of aliphatic carboxylic acids is 2. The fourth-order valence-electron chi connectivity index (χ4n) is 3.53. The molecule has 0 aromatic heterocycles. The summed E-state index contributed by atoms with van der Waals surface area (Å²) in [6, 6.07) is -4.53. The van der Waals surface area contributed by atoms with E-state index in [9.17, 15) is 33.9 Å². The Labute approximate surface area is 207 Å². The molecule has 1 aliphatic rings. The number of rotatable bonds is 14. The quantitative estimate of drug-likeness (QED) is 0.155. The minimum absolute atomic E-state index is 0.246. The van der Waals surface area contributed by atoms with E-state index < -0.39 is 72.1 Å². The molecule has 198 valence electrons. The van der Waals surface area contributed by atoms with Crippen molar-refractivity contribution in [2.45, 2.75) is 63.7 Å². The normalized spacial score (nSPS) is 17.9. The zero-order valence-corrected chi connectivity index (χ0v) is 20.9. The van der Waals surface area contributed by atoms with Crippen LogP contribution in [0, 0.1) is 5.92 Å². The number of carbonyl (C=O) groups is 6. The molecular weight excluding hydrogens is 482 g/mol. The summed E-state index contributed by atoms with van der Waals surface area (Å²) < 4.78 is 0. The molecular formula is C21H35N5O8S. The standard InChI is InChI=1S/C21H35N5O8S/c1-11(2)17(21(33)34)25-19(31)13(9-16(28)29)24-20(32)14-5-4-7-26(14)15(27)10-23-18(30)12(22)6-8-35-3/h11-14,17H,4-10,22H2,1-3H3,(H,23,30)(H,24,32)(H,25,31)(H,28,29)(H,33,34)/t12-,13-,14-,17-/m0/s1. The molecule has 1 fully saturated rings. The summed E-state index contributed by atoms with van der Waals surface area (Å²) in [6.07, 6.45) is 2.33. The van der Waals surface area contributed by atoms with Gasteiger partial charge in [0.05, 0.1) is 19.0 Å². The minimum Gasteiger partial charge on any atom is -0.481 e. The zero-order valence-electron chi connectivity index (χ0n) is 20.1.